The number of benzene rings is 1. The normalized spacial score (nSPS) is 16.9. The summed E-state index contributed by atoms with van der Waals surface area (Å²) in [6, 6.07) is 8.97. The summed E-state index contributed by atoms with van der Waals surface area (Å²) < 4.78 is 67.5. The van der Waals surface area contributed by atoms with E-state index in [9.17, 15) is 31.5 Å². The molecule has 3 aromatic rings. The highest BCUT2D eigenvalue weighted by Crippen LogP contribution is 2.29. The fourth-order valence-corrected chi connectivity index (χ4v) is 5.01. The second-order valence-corrected chi connectivity index (χ2v) is 10.3. The van der Waals surface area contributed by atoms with Gasteiger partial charge in [-0.2, -0.15) is 18.3 Å². The first-order valence-electron chi connectivity index (χ1n) is 13.9. The van der Waals surface area contributed by atoms with E-state index in [1.165, 1.54) is 0 Å². The Morgan fingerprint density at radius 1 is 0.907 bits per heavy atom. The molecule has 15 heteroatoms. The molecule has 4 heterocycles. The predicted octanol–water partition coefficient (Wildman–Crippen LogP) is 3.14. The quantitative estimate of drug-likeness (QED) is 0.381. The average Bonchev–Trinajstić information content (AvgIpc) is 3.44. The summed E-state index contributed by atoms with van der Waals surface area (Å²) in [5, 5.41) is 9.37. The number of rotatable bonds is 8. The minimum absolute atomic E-state index is 0.136. The van der Waals surface area contributed by atoms with E-state index < -0.39 is 35.6 Å². The van der Waals surface area contributed by atoms with Crippen molar-refractivity contribution in [3.63, 3.8) is 0 Å². The summed E-state index contributed by atoms with van der Waals surface area (Å²) >= 11 is 0. The second kappa shape index (κ2) is 13.1. The number of hydrogen-bond donors (Lipinski definition) is 2. The zero-order chi connectivity index (χ0) is 30.6. The SMILES string of the molecule is O=C(Nc1cn(-c2ccc(C(=O)N3CCN(CCN4CCNCC4)CC3)cc2)nc1C(F)F)c1cccc(C(F)(F)F)n1. The molecule has 2 aliphatic heterocycles. The van der Waals surface area contributed by atoms with E-state index in [-0.39, 0.29) is 11.6 Å². The highest BCUT2D eigenvalue weighted by Gasteiger charge is 2.33. The molecule has 230 valence electrons. The van der Waals surface area contributed by atoms with Gasteiger partial charge >= 0.3 is 6.18 Å². The fraction of sp³-hybridized carbons (Fsp3) is 0.429. The Morgan fingerprint density at radius 2 is 1.56 bits per heavy atom. The standard InChI is InChI=1S/C28H31F5N8O2/c29-25(30)24-22(36-26(42)21-2-1-3-23(35-21)28(31,32)33)18-41(37-24)20-6-4-19(5-7-20)27(43)40-16-14-39(15-17-40)13-12-38-10-8-34-9-11-38/h1-7,18,25,34H,8-17H2,(H,36,42). The van der Waals surface area contributed by atoms with Crippen LogP contribution in [0.15, 0.2) is 48.7 Å². The maximum Gasteiger partial charge on any atom is 0.433 e. The van der Waals surface area contributed by atoms with E-state index in [0.717, 1.165) is 75.4 Å². The first kappa shape index (κ1) is 30.5. The van der Waals surface area contributed by atoms with E-state index in [1.807, 2.05) is 0 Å². The Bertz CT molecular complexity index is 1420. The number of pyridine rings is 1. The van der Waals surface area contributed by atoms with Gasteiger partial charge in [-0.1, -0.05) is 6.07 Å². The van der Waals surface area contributed by atoms with Gasteiger partial charge in [0, 0.05) is 71.0 Å². The number of anilines is 1. The molecule has 43 heavy (non-hydrogen) atoms. The fourth-order valence-electron chi connectivity index (χ4n) is 5.01. The van der Waals surface area contributed by atoms with Crippen molar-refractivity contribution in [1.82, 2.24) is 34.8 Å². The summed E-state index contributed by atoms with van der Waals surface area (Å²) in [4.78, 5) is 35.5. The van der Waals surface area contributed by atoms with Crippen molar-refractivity contribution in [2.24, 2.45) is 0 Å². The maximum absolute atomic E-state index is 13.7. The van der Waals surface area contributed by atoms with E-state index >= 15 is 0 Å². The van der Waals surface area contributed by atoms with E-state index in [4.69, 9.17) is 0 Å². The van der Waals surface area contributed by atoms with Crippen molar-refractivity contribution < 1.29 is 31.5 Å². The van der Waals surface area contributed by atoms with Crippen LogP contribution in [-0.2, 0) is 6.18 Å². The first-order chi connectivity index (χ1) is 20.6. The Balaban J connectivity index is 1.20. The lowest BCUT2D eigenvalue weighted by molar-refractivity contribution is -0.141. The molecule has 0 spiro atoms. The highest BCUT2D eigenvalue weighted by molar-refractivity contribution is 6.03. The number of halogens is 5. The molecule has 10 nitrogen and oxygen atoms in total. The third-order valence-electron chi connectivity index (χ3n) is 7.45. The van der Waals surface area contributed by atoms with Crippen molar-refractivity contribution in [2.45, 2.75) is 12.6 Å². The molecule has 0 radical (unpaired) electrons. The number of nitrogens with one attached hydrogen (secondary N) is 2. The van der Waals surface area contributed by atoms with Crippen LogP contribution in [0.25, 0.3) is 5.69 Å². The monoisotopic (exact) mass is 606 g/mol. The Labute approximate surface area is 244 Å². The molecule has 1 aromatic carbocycles. The van der Waals surface area contributed by atoms with Gasteiger partial charge in [0.1, 0.15) is 11.4 Å². The lowest BCUT2D eigenvalue weighted by Gasteiger charge is -2.36. The van der Waals surface area contributed by atoms with Crippen LogP contribution in [0.1, 0.15) is 38.7 Å². The second-order valence-electron chi connectivity index (χ2n) is 10.3. The van der Waals surface area contributed by atoms with Gasteiger partial charge in [0.05, 0.1) is 17.6 Å². The van der Waals surface area contributed by atoms with Crippen LogP contribution >= 0.6 is 0 Å². The number of aromatic nitrogens is 3. The lowest BCUT2D eigenvalue weighted by atomic mass is 10.1. The van der Waals surface area contributed by atoms with Crippen LogP contribution in [0.4, 0.5) is 27.6 Å². The molecular weight excluding hydrogens is 575 g/mol. The first-order valence-corrected chi connectivity index (χ1v) is 13.9. The largest absolute Gasteiger partial charge is 0.433 e. The smallest absolute Gasteiger partial charge is 0.336 e. The molecule has 2 saturated heterocycles. The van der Waals surface area contributed by atoms with Crippen LogP contribution in [0.2, 0.25) is 0 Å². The number of carbonyl (C=O) groups excluding carboxylic acids is 2. The summed E-state index contributed by atoms with van der Waals surface area (Å²) in [6.45, 7) is 8.83. The number of nitrogens with zero attached hydrogens (tertiary/aromatic N) is 6. The van der Waals surface area contributed by atoms with Gasteiger partial charge in [0.25, 0.3) is 18.2 Å². The molecule has 0 saturated carbocycles. The Kier molecular flexibility index (Phi) is 9.32. The number of hydrogen-bond acceptors (Lipinski definition) is 7. The van der Waals surface area contributed by atoms with Gasteiger partial charge in [-0.3, -0.25) is 19.4 Å². The molecule has 0 bridgehead atoms. The van der Waals surface area contributed by atoms with Gasteiger partial charge < -0.3 is 15.5 Å². The minimum atomic E-state index is -4.78. The van der Waals surface area contributed by atoms with Crippen molar-refractivity contribution >= 4 is 17.5 Å². The van der Waals surface area contributed by atoms with Gasteiger partial charge in [-0.05, 0) is 36.4 Å². The maximum atomic E-state index is 13.7. The van der Waals surface area contributed by atoms with Crippen molar-refractivity contribution in [2.75, 3.05) is 70.8 Å². The van der Waals surface area contributed by atoms with Crippen LogP contribution in [0, 0.1) is 0 Å². The lowest BCUT2D eigenvalue weighted by Crippen LogP contribution is -2.51. The number of piperazine rings is 2. The molecule has 0 atom stereocenters. The topological polar surface area (TPSA) is 98.6 Å². The zero-order valence-corrected chi connectivity index (χ0v) is 23.2. The Morgan fingerprint density at radius 3 is 2.19 bits per heavy atom. The van der Waals surface area contributed by atoms with E-state index in [0.29, 0.717) is 30.4 Å². The molecule has 2 amide bonds. The van der Waals surface area contributed by atoms with Crippen LogP contribution < -0.4 is 10.6 Å². The number of carbonyl (C=O) groups is 2. The van der Waals surface area contributed by atoms with Gasteiger partial charge in [0.2, 0.25) is 0 Å². The molecular formula is C28H31F5N8O2. The van der Waals surface area contributed by atoms with Crippen LogP contribution in [0.5, 0.6) is 0 Å². The highest BCUT2D eigenvalue weighted by atomic mass is 19.4. The third kappa shape index (κ3) is 7.53. The summed E-state index contributed by atoms with van der Waals surface area (Å²) in [5.41, 5.74) is -2.25. The molecule has 5 rings (SSSR count). The summed E-state index contributed by atoms with van der Waals surface area (Å²) in [6.07, 6.45) is -6.73. The van der Waals surface area contributed by atoms with Crippen LogP contribution in [0.3, 0.4) is 0 Å². The van der Waals surface area contributed by atoms with Crippen LogP contribution in [-0.4, -0.2) is 107 Å². The van der Waals surface area contributed by atoms with E-state index in [2.05, 4.69) is 30.5 Å². The number of amides is 2. The van der Waals surface area contributed by atoms with E-state index in [1.54, 1.807) is 29.2 Å². The predicted molar refractivity (Wildman–Crippen MR) is 147 cm³/mol. The summed E-state index contributed by atoms with van der Waals surface area (Å²) in [5.74, 6) is -1.24. The molecule has 2 aliphatic rings. The molecule has 2 fully saturated rings. The molecule has 2 aromatic heterocycles. The van der Waals surface area contributed by atoms with Crippen molar-refractivity contribution in [3.8, 4) is 5.69 Å². The van der Waals surface area contributed by atoms with Gasteiger partial charge in [0.15, 0.2) is 5.69 Å². The van der Waals surface area contributed by atoms with Crippen molar-refractivity contribution in [1.29, 1.82) is 0 Å². The average molecular weight is 607 g/mol. The zero-order valence-electron chi connectivity index (χ0n) is 23.2. The van der Waals surface area contributed by atoms with Crippen molar-refractivity contribution in [3.05, 3.63) is 71.3 Å². The third-order valence-corrected chi connectivity index (χ3v) is 7.45. The van der Waals surface area contributed by atoms with Gasteiger partial charge in [-0.25, -0.2) is 18.4 Å². The number of alkyl halides is 5. The van der Waals surface area contributed by atoms with Gasteiger partial charge in [-0.15, -0.1) is 0 Å². The molecule has 0 unspecified atom stereocenters. The minimum Gasteiger partial charge on any atom is -0.336 e. The summed E-state index contributed by atoms with van der Waals surface area (Å²) in [7, 11) is 0. The molecule has 0 aliphatic carbocycles. The Hall–Kier alpha value is -3.95. The molecule has 2 N–H and O–H groups in total.